The van der Waals surface area contributed by atoms with Crippen molar-refractivity contribution >= 4 is 193 Å². The van der Waals surface area contributed by atoms with Crippen molar-refractivity contribution in [3.8, 4) is 28.7 Å². The van der Waals surface area contributed by atoms with E-state index >= 15 is 0 Å². The van der Waals surface area contributed by atoms with Crippen molar-refractivity contribution in [2.75, 3.05) is 33.7 Å². The molecule has 0 saturated carbocycles. The number of pyridine rings is 7. The number of aromatic nitrogens is 10. The lowest BCUT2D eigenvalue weighted by Gasteiger charge is -2.18. The second-order valence-corrected chi connectivity index (χ2v) is 29.2. The van der Waals surface area contributed by atoms with Crippen LogP contribution >= 0.6 is 31.9 Å². The molecule has 1 atom stereocenters. The number of phenolic OH excluding ortho intramolecular Hbond substituents is 1. The number of esters is 1. The Morgan fingerprint density at radius 1 is 0.456 bits per heavy atom. The highest BCUT2D eigenvalue weighted by atomic mass is 79.9. The third-order valence-electron chi connectivity index (χ3n) is 19.2. The number of halogens is 2. The number of ether oxygens (including phenoxy) is 4. The van der Waals surface area contributed by atoms with Gasteiger partial charge in [0.05, 0.1) is 117 Å². The number of fused-ring (bicyclic) bond motifs is 11. The van der Waals surface area contributed by atoms with Gasteiger partial charge in [0.1, 0.15) is 51.4 Å². The normalized spacial score (nSPS) is 12.0. The molecule has 628 valence electrons. The van der Waals surface area contributed by atoms with Crippen LogP contribution in [-0.4, -0.2) is 129 Å². The van der Waals surface area contributed by atoms with Crippen LogP contribution in [-0.2, 0) is 36.8 Å². The number of carbonyl (C=O) groups is 6. The van der Waals surface area contributed by atoms with Gasteiger partial charge in [-0.3, -0.25) is 69.0 Å². The molecule has 0 aliphatic carbocycles. The molecule has 8 aromatic carbocycles. The molecular weight excluding hydrogens is 1730 g/mol. The summed E-state index contributed by atoms with van der Waals surface area (Å²) in [5.74, 6) is -0.300. The zero-order valence-corrected chi connectivity index (χ0v) is 70.6. The highest BCUT2D eigenvalue weighted by Crippen LogP contribution is 2.36. The van der Waals surface area contributed by atoms with Crippen LogP contribution in [0, 0.1) is 0 Å². The number of anilines is 1. The van der Waals surface area contributed by atoms with Gasteiger partial charge in [-0.05, 0) is 156 Å². The van der Waals surface area contributed by atoms with Crippen molar-refractivity contribution in [3.05, 3.63) is 285 Å². The van der Waals surface area contributed by atoms with E-state index in [4.69, 9.17) is 47.8 Å². The van der Waals surface area contributed by atoms with Gasteiger partial charge in [0.25, 0.3) is 0 Å². The van der Waals surface area contributed by atoms with Gasteiger partial charge in [0.15, 0.2) is 28.3 Å². The number of methoxy groups -OCH3 is 3. The van der Waals surface area contributed by atoms with Crippen LogP contribution < -0.4 is 30.9 Å². The molecule has 1 saturated heterocycles. The van der Waals surface area contributed by atoms with Crippen LogP contribution in [0.15, 0.2) is 269 Å². The van der Waals surface area contributed by atoms with E-state index in [1.54, 1.807) is 114 Å². The summed E-state index contributed by atoms with van der Waals surface area (Å²) in [6, 6.07) is 58.1. The topological polar surface area (TPSA) is 437 Å². The average Bonchev–Trinajstić information content (AvgIpc) is 1.70. The number of benzene rings is 8. The number of Topliss-reactive ketones (excluding diaryl/α,β-unsaturated/α-hetero) is 2. The van der Waals surface area contributed by atoms with E-state index in [0.717, 1.165) is 113 Å². The van der Waals surface area contributed by atoms with E-state index in [0.29, 0.717) is 92.3 Å². The van der Waals surface area contributed by atoms with E-state index in [1.165, 1.54) is 19.9 Å². The molecule has 0 spiro atoms. The van der Waals surface area contributed by atoms with Gasteiger partial charge in [-0.15, -0.1) is 0 Å². The molecule has 20 rings (SSSR count). The number of nitrogens with two attached hydrogens (primary N) is 1. The number of nitrogens with zero attached hydrogens (tertiary/aromatic N) is 10. The molecule has 1 aliphatic rings. The molecule has 6 N–H and O–H groups in total. The molecule has 0 radical (unpaired) electrons. The molecule has 1 fully saturated rings. The third kappa shape index (κ3) is 21.4. The molecular formula is C93H74Br2N12O18. The average molecular weight is 1810 g/mol. The number of carboxylic acid groups (broad SMARTS) is 1. The van der Waals surface area contributed by atoms with Crippen molar-refractivity contribution in [2.45, 2.75) is 52.4 Å². The molecule has 12 heterocycles. The zero-order chi connectivity index (χ0) is 88.4. The van der Waals surface area contributed by atoms with E-state index in [9.17, 15) is 43.8 Å². The van der Waals surface area contributed by atoms with Crippen LogP contribution in [0.1, 0.15) is 77.3 Å². The van der Waals surface area contributed by atoms with E-state index in [1.807, 2.05) is 140 Å². The predicted octanol–water partition coefficient (Wildman–Crippen LogP) is 18.1. The van der Waals surface area contributed by atoms with Crippen molar-refractivity contribution in [1.82, 2.24) is 55.7 Å². The summed E-state index contributed by atoms with van der Waals surface area (Å²) in [5.41, 5.74) is 16.0. The predicted molar refractivity (Wildman–Crippen MR) is 477 cm³/mol. The Morgan fingerprint density at radius 2 is 0.864 bits per heavy atom. The fourth-order valence-electron chi connectivity index (χ4n) is 13.1. The van der Waals surface area contributed by atoms with Gasteiger partial charge >= 0.3 is 17.6 Å². The Hall–Kier alpha value is -15.6. The number of phenols is 1. The molecule has 30 nitrogen and oxygen atoms in total. The first-order valence-electron chi connectivity index (χ1n) is 38.3. The first-order chi connectivity index (χ1) is 60.4. The van der Waals surface area contributed by atoms with Crippen molar-refractivity contribution < 1.29 is 81.0 Å². The summed E-state index contributed by atoms with van der Waals surface area (Å²) in [7, 11) is 4.81. The number of amides is 2. The van der Waals surface area contributed by atoms with Crippen molar-refractivity contribution in [2.24, 2.45) is 0 Å². The van der Waals surface area contributed by atoms with Crippen LogP contribution in [0.5, 0.6) is 28.7 Å². The summed E-state index contributed by atoms with van der Waals surface area (Å²) in [5, 5.41) is 51.6. The zero-order valence-electron chi connectivity index (χ0n) is 67.4. The number of hydrogen-bond donors (Lipinski definition) is 5. The maximum atomic E-state index is 12.0. The SMILES string of the molecule is CC(=O)c1cc2cccnc2cc1O.CCOC(=O)Cc1noc2cc3ncccc3cc12.COc1cc(N)ccc1Br.COc1cc2ncccc2cc1Br.COc1cc2ncccc2cc1C(C)=O.O=C(O)Cc1noc2cc3ncccc3cc12.O=C1CCC(c2noc3cc4ncccc4cc23)C(=O)N1.O=c1cc(O)c2cc3cccnc3cc2o1. The van der Waals surface area contributed by atoms with Crippen molar-refractivity contribution in [1.29, 1.82) is 0 Å². The number of carboxylic acids is 1. The van der Waals surface area contributed by atoms with Gasteiger partial charge in [-0.1, -0.05) is 57.9 Å². The van der Waals surface area contributed by atoms with Crippen LogP contribution in [0.3, 0.4) is 0 Å². The Kier molecular flexibility index (Phi) is 28.1. The Balaban J connectivity index is 0.000000124. The maximum Gasteiger partial charge on any atom is 0.339 e. The minimum atomic E-state index is -0.925. The molecule has 11 aromatic heterocycles. The fraction of sp³-hybridized carbons (Fsp3) is 0.129. The Morgan fingerprint density at radius 3 is 1.33 bits per heavy atom. The highest BCUT2D eigenvalue weighted by molar-refractivity contribution is 9.11. The minimum Gasteiger partial charge on any atom is -0.507 e. The van der Waals surface area contributed by atoms with E-state index < -0.39 is 17.5 Å². The molecule has 1 aliphatic heterocycles. The molecule has 1 unspecified atom stereocenters. The van der Waals surface area contributed by atoms with Crippen LogP contribution in [0.4, 0.5) is 5.69 Å². The maximum absolute atomic E-state index is 12.0. The van der Waals surface area contributed by atoms with Crippen LogP contribution in [0.25, 0.3) is 120 Å². The highest BCUT2D eigenvalue weighted by Gasteiger charge is 2.32. The van der Waals surface area contributed by atoms with E-state index in [2.05, 4.69) is 87.5 Å². The van der Waals surface area contributed by atoms with Gasteiger partial charge in [-0.25, -0.2) is 4.79 Å². The number of aromatic hydroxyl groups is 2. The summed E-state index contributed by atoms with van der Waals surface area (Å²) >= 11 is 6.73. The summed E-state index contributed by atoms with van der Waals surface area (Å²) in [6.45, 7) is 5.09. The number of carbonyl (C=O) groups excluding carboxylic acids is 5. The Labute approximate surface area is 725 Å². The second-order valence-electron chi connectivity index (χ2n) is 27.5. The molecule has 19 aromatic rings. The van der Waals surface area contributed by atoms with Gasteiger partial charge in [-0.2, -0.15) is 0 Å². The first kappa shape index (κ1) is 87.3. The minimum absolute atomic E-state index is 0.00222. The number of nitrogen functional groups attached to an aromatic ring is 1. The number of piperidine rings is 1. The summed E-state index contributed by atoms with van der Waals surface area (Å²) < 4.78 is 42.8. The lowest BCUT2D eigenvalue weighted by molar-refractivity contribution is -0.142. The lowest BCUT2D eigenvalue weighted by Crippen LogP contribution is -2.39. The molecule has 32 heteroatoms. The van der Waals surface area contributed by atoms with Gasteiger partial charge in [0.2, 0.25) is 11.8 Å². The van der Waals surface area contributed by atoms with Gasteiger partial charge < -0.3 is 58.0 Å². The summed E-state index contributed by atoms with van der Waals surface area (Å²) in [4.78, 5) is 108. The lowest BCUT2D eigenvalue weighted by atomic mass is 9.92. The monoisotopic (exact) mass is 1800 g/mol. The first-order valence-corrected chi connectivity index (χ1v) is 39.8. The largest absolute Gasteiger partial charge is 0.507 e. The Bertz CT molecular complexity index is 7350. The molecule has 125 heavy (non-hydrogen) atoms. The third-order valence-corrected chi connectivity index (χ3v) is 20.4. The number of nitrogens with one attached hydrogen (secondary N) is 1. The number of aliphatic carboxylic acids is 1. The smallest absolute Gasteiger partial charge is 0.339 e. The second kappa shape index (κ2) is 40.2. The number of rotatable bonds is 11. The number of ketones is 2. The molecule has 2 amide bonds. The number of hydrogen-bond acceptors (Lipinski definition) is 28. The van der Waals surface area contributed by atoms with Crippen molar-refractivity contribution in [3.63, 3.8) is 0 Å². The summed E-state index contributed by atoms with van der Waals surface area (Å²) in [6.07, 6.45) is 12.7. The molecule has 0 bridgehead atoms. The number of imide groups is 1. The van der Waals surface area contributed by atoms with Gasteiger partial charge in [0, 0.05) is 158 Å². The van der Waals surface area contributed by atoms with Crippen LogP contribution in [0.2, 0.25) is 0 Å². The van der Waals surface area contributed by atoms with E-state index in [-0.39, 0.29) is 53.7 Å². The fourth-order valence-corrected chi connectivity index (χ4v) is 14.1. The quantitative estimate of drug-likeness (QED) is 0.0200. The standard InChI is InChI=1S/C15H11N3O3.C14H12N2O3.C12H8N2O3.C12H7NO3.C12H11NO2.C11H9NO2.C10H8BrNO.C7H8BrNO/c19-13-4-3-9(15(20)17-13)14-10-6-8-2-1-5-16-11(8)7-12(10)21-18-14;1-2-18-14(17)8-12-10-6-9-4-3-5-15-11(9)7-13(10)19-16-12;15-12(16)6-10-8-4-7-2-1-3-13-9(7)5-11(8)17-14-10;14-10-6-12(15)16-11-5-9-7(4-8(10)11)2-1-3-13-9;1-8(14)10-6-9-4-3-5-13-11(9)7-12(10)15-2;1-7(13)9-5-8-3-2-4-12-10(8)6-11(9)14;1-13-10-6-9-7(5-8(10)11)3-2-4-12-9;1-10-7-4-5(9)2-3-6(7)8/h1-2,5-7,9H,3-4H2,(H,17,19,20);3-7H,2,8H2,1H3;1-5H,6H2,(H,15,16);1-6,14H;3-7H,1-2H3;2-6,14H,1H3;2-6H,1H3;2-4H,9H2,1H3.